The molecule has 2 heterocycles. The molecule has 2 aromatic carbocycles. The number of nitrogens with zero attached hydrogens (tertiary/aromatic N) is 4. The number of hydrogen-bond acceptors (Lipinski definition) is 8. The Bertz CT molecular complexity index is 1350. The zero-order valence-corrected chi connectivity index (χ0v) is 24.0. The maximum atomic E-state index is 12.8. The van der Waals surface area contributed by atoms with Crippen molar-refractivity contribution in [2.45, 2.75) is 20.4 Å². The Kier molecular flexibility index (Phi) is 10.6. The number of ether oxygens (including phenoxy) is 2. The number of hydrogen-bond donors (Lipinski definition) is 0. The van der Waals surface area contributed by atoms with Gasteiger partial charge in [-0.1, -0.05) is 29.5 Å². The van der Waals surface area contributed by atoms with Gasteiger partial charge in [0, 0.05) is 45.0 Å². The van der Waals surface area contributed by atoms with E-state index in [2.05, 4.69) is 22.0 Å². The van der Waals surface area contributed by atoms with Gasteiger partial charge in [-0.25, -0.2) is 4.79 Å². The summed E-state index contributed by atoms with van der Waals surface area (Å²) in [6, 6.07) is 15.5. The van der Waals surface area contributed by atoms with Crippen LogP contribution in [0.5, 0.6) is 0 Å². The summed E-state index contributed by atoms with van der Waals surface area (Å²) in [4.78, 5) is 46.7. The lowest BCUT2D eigenvalue weighted by Gasteiger charge is -2.36. The van der Waals surface area contributed by atoms with Crippen LogP contribution in [0.15, 0.2) is 53.5 Å². The number of fused-ring (bicyclic) bond motifs is 1. The van der Waals surface area contributed by atoms with Crippen LogP contribution in [0, 0.1) is 0 Å². The van der Waals surface area contributed by atoms with Crippen molar-refractivity contribution in [1.82, 2.24) is 9.47 Å². The van der Waals surface area contributed by atoms with E-state index < -0.39 is 0 Å². The lowest BCUT2D eigenvalue weighted by atomic mass is 10.2. The Hall–Kier alpha value is -3.15. The number of rotatable bonds is 11. The molecule has 4 rings (SSSR count). The lowest BCUT2D eigenvalue weighted by Crippen LogP contribution is -2.49. The van der Waals surface area contributed by atoms with E-state index in [1.165, 1.54) is 28.8 Å². The molecule has 3 aromatic rings. The predicted molar refractivity (Wildman–Crippen MR) is 155 cm³/mol. The molecule has 1 aliphatic heterocycles. The van der Waals surface area contributed by atoms with Gasteiger partial charge in [-0.3, -0.25) is 9.59 Å². The number of anilines is 1. The van der Waals surface area contributed by atoms with Crippen molar-refractivity contribution in [2.24, 2.45) is 4.99 Å². The van der Waals surface area contributed by atoms with Crippen LogP contribution < -0.4 is 9.70 Å². The lowest BCUT2D eigenvalue weighted by molar-refractivity contribution is -0.128. The van der Waals surface area contributed by atoms with E-state index in [1.54, 1.807) is 19.1 Å². The molecule has 0 bridgehead atoms. The highest BCUT2D eigenvalue weighted by Crippen LogP contribution is 2.20. The Morgan fingerprint density at radius 3 is 2.46 bits per heavy atom. The number of para-hydroxylation sites is 1. The highest BCUT2D eigenvalue weighted by Gasteiger charge is 2.21. The first-order chi connectivity index (χ1) is 19.0. The van der Waals surface area contributed by atoms with Gasteiger partial charge in [0.1, 0.15) is 0 Å². The first-order valence-corrected chi connectivity index (χ1v) is 15.1. The van der Waals surface area contributed by atoms with Gasteiger partial charge in [0.15, 0.2) is 4.80 Å². The second-order valence-corrected chi connectivity index (χ2v) is 10.8. The fraction of sp³-hybridized carbons (Fsp3) is 0.429. The summed E-state index contributed by atoms with van der Waals surface area (Å²) >= 11 is 2.63. The largest absolute Gasteiger partial charge is 0.462 e. The van der Waals surface area contributed by atoms with E-state index in [0.717, 1.165) is 23.3 Å². The zero-order chi connectivity index (χ0) is 27.6. The molecule has 2 amide bonds. The maximum Gasteiger partial charge on any atom is 0.338 e. The number of thiazole rings is 1. The fourth-order valence-corrected chi connectivity index (χ4v) is 6.14. The number of piperazine rings is 1. The SMILES string of the molecule is CCOCCn1c(=NC(=O)CSCC(=O)N2CCN(c3ccccc3)CC2)sc2cc(C(=O)OCC)ccc21. The van der Waals surface area contributed by atoms with Crippen molar-refractivity contribution in [3.63, 3.8) is 0 Å². The number of amides is 2. The van der Waals surface area contributed by atoms with Crippen LogP contribution in [-0.2, 0) is 25.6 Å². The maximum absolute atomic E-state index is 12.8. The Labute approximate surface area is 236 Å². The minimum absolute atomic E-state index is 0.0423. The van der Waals surface area contributed by atoms with E-state index in [4.69, 9.17) is 9.47 Å². The number of benzene rings is 2. The molecule has 1 aromatic heterocycles. The Morgan fingerprint density at radius 2 is 1.74 bits per heavy atom. The Balaban J connectivity index is 1.36. The molecule has 0 unspecified atom stereocenters. The molecule has 208 valence electrons. The molecule has 9 nitrogen and oxygen atoms in total. The molecule has 0 atom stereocenters. The third kappa shape index (κ3) is 7.71. The van der Waals surface area contributed by atoms with Crippen LogP contribution in [0.4, 0.5) is 5.69 Å². The quantitative estimate of drug-likeness (QED) is 0.258. The minimum Gasteiger partial charge on any atom is -0.462 e. The normalized spacial score (nSPS) is 14.2. The summed E-state index contributed by atoms with van der Waals surface area (Å²) < 4.78 is 13.4. The van der Waals surface area contributed by atoms with Crippen LogP contribution in [-0.4, -0.2) is 84.8 Å². The van der Waals surface area contributed by atoms with Crippen molar-refractivity contribution < 1.29 is 23.9 Å². The van der Waals surface area contributed by atoms with Gasteiger partial charge in [0.05, 0.1) is 40.5 Å². The third-order valence-corrected chi connectivity index (χ3v) is 8.23. The van der Waals surface area contributed by atoms with Crippen LogP contribution in [0.3, 0.4) is 0 Å². The standard InChI is InChI=1S/C28H34N4O5S2/c1-3-36-17-16-32-23-11-10-21(27(35)37-4-2)18-24(23)39-28(32)29-25(33)19-38-20-26(34)31-14-12-30(13-15-31)22-8-6-5-7-9-22/h5-11,18H,3-4,12-17,19-20H2,1-2H3. The number of carbonyl (C=O) groups is 3. The predicted octanol–water partition coefficient (Wildman–Crippen LogP) is 3.43. The number of aromatic nitrogens is 1. The fourth-order valence-electron chi connectivity index (χ4n) is 4.32. The zero-order valence-electron chi connectivity index (χ0n) is 22.3. The van der Waals surface area contributed by atoms with Gasteiger partial charge in [0.2, 0.25) is 5.91 Å². The molecular formula is C28H34N4O5S2. The van der Waals surface area contributed by atoms with Crippen LogP contribution in [0.2, 0.25) is 0 Å². The number of thioether (sulfide) groups is 1. The van der Waals surface area contributed by atoms with Crippen molar-refractivity contribution in [1.29, 1.82) is 0 Å². The number of carbonyl (C=O) groups excluding carboxylic acids is 3. The Morgan fingerprint density at radius 1 is 0.974 bits per heavy atom. The summed E-state index contributed by atoms with van der Waals surface area (Å²) in [5, 5.41) is 0. The smallest absolute Gasteiger partial charge is 0.338 e. The summed E-state index contributed by atoms with van der Waals surface area (Å²) in [6.45, 7) is 8.51. The first-order valence-electron chi connectivity index (χ1n) is 13.1. The third-order valence-electron chi connectivity index (χ3n) is 6.28. The van der Waals surface area contributed by atoms with Gasteiger partial charge in [-0.2, -0.15) is 4.99 Å². The van der Waals surface area contributed by atoms with Gasteiger partial charge < -0.3 is 23.8 Å². The van der Waals surface area contributed by atoms with E-state index >= 15 is 0 Å². The highest BCUT2D eigenvalue weighted by atomic mass is 32.2. The van der Waals surface area contributed by atoms with Crippen LogP contribution >= 0.6 is 23.1 Å². The highest BCUT2D eigenvalue weighted by molar-refractivity contribution is 8.00. The minimum atomic E-state index is -0.384. The van der Waals surface area contributed by atoms with Crippen LogP contribution in [0.25, 0.3) is 10.2 Å². The first kappa shape index (κ1) is 28.8. The van der Waals surface area contributed by atoms with Crippen molar-refractivity contribution >= 4 is 56.8 Å². The van der Waals surface area contributed by atoms with Gasteiger partial charge >= 0.3 is 5.97 Å². The summed E-state index contributed by atoms with van der Waals surface area (Å²) in [5.41, 5.74) is 2.50. The van der Waals surface area contributed by atoms with E-state index in [-0.39, 0.29) is 29.3 Å². The monoisotopic (exact) mass is 570 g/mol. The molecule has 1 aliphatic rings. The molecule has 0 spiro atoms. The van der Waals surface area contributed by atoms with Crippen molar-refractivity contribution in [3.8, 4) is 0 Å². The van der Waals surface area contributed by atoms with Crippen LogP contribution in [0.1, 0.15) is 24.2 Å². The number of esters is 1. The van der Waals surface area contributed by atoms with Gasteiger partial charge in [0.25, 0.3) is 5.91 Å². The van der Waals surface area contributed by atoms with Crippen molar-refractivity contribution in [3.05, 3.63) is 58.9 Å². The van der Waals surface area contributed by atoms with E-state index in [1.807, 2.05) is 40.7 Å². The molecule has 1 saturated heterocycles. The molecule has 11 heteroatoms. The molecule has 39 heavy (non-hydrogen) atoms. The molecule has 0 aliphatic carbocycles. The molecular weight excluding hydrogens is 536 g/mol. The molecule has 0 N–H and O–H groups in total. The summed E-state index contributed by atoms with van der Waals surface area (Å²) in [7, 11) is 0. The molecule has 1 fully saturated rings. The van der Waals surface area contributed by atoms with Crippen molar-refractivity contribution in [2.75, 3.05) is 62.4 Å². The van der Waals surface area contributed by atoms with Gasteiger partial charge in [-0.15, -0.1) is 11.8 Å². The average molecular weight is 571 g/mol. The second-order valence-electron chi connectivity index (χ2n) is 8.84. The second kappa shape index (κ2) is 14.3. The van der Waals surface area contributed by atoms with E-state index in [0.29, 0.717) is 49.8 Å². The average Bonchev–Trinajstić information content (AvgIpc) is 3.29. The summed E-state index contributed by atoms with van der Waals surface area (Å²) in [5.74, 6) is -0.286. The topological polar surface area (TPSA) is 93.4 Å². The summed E-state index contributed by atoms with van der Waals surface area (Å²) in [6.07, 6.45) is 0. The van der Waals surface area contributed by atoms with Gasteiger partial charge in [-0.05, 0) is 44.2 Å². The molecule has 0 radical (unpaired) electrons. The van der Waals surface area contributed by atoms with E-state index in [9.17, 15) is 14.4 Å². The molecule has 0 saturated carbocycles.